The first-order valence-electron chi connectivity index (χ1n) is 10.2. The molecule has 0 spiro atoms. The first-order valence-corrected chi connectivity index (χ1v) is 10.6. The van der Waals surface area contributed by atoms with Crippen molar-refractivity contribution in [1.82, 2.24) is 5.32 Å². The summed E-state index contributed by atoms with van der Waals surface area (Å²) in [5.41, 5.74) is 0.483. The predicted molar refractivity (Wildman–Crippen MR) is 112 cm³/mol. The van der Waals surface area contributed by atoms with Crippen LogP contribution in [0, 0.1) is 12.8 Å². The molecule has 8 heteroatoms. The van der Waals surface area contributed by atoms with Crippen molar-refractivity contribution in [3.8, 4) is 11.5 Å². The highest BCUT2D eigenvalue weighted by molar-refractivity contribution is 6.32. The Hall–Kier alpha value is -2.15. The van der Waals surface area contributed by atoms with E-state index in [9.17, 15) is 9.59 Å². The van der Waals surface area contributed by atoms with Gasteiger partial charge in [0.2, 0.25) is 0 Å². The van der Waals surface area contributed by atoms with E-state index in [1.165, 1.54) is 7.11 Å². The molecule has 0 saturated heterocycles. The molecular formula is C22H30ClNO6. The van der Waals surface area contributed by atoms with Gasteiger partial charge in [-0.25, -0.2) is 9.59 Å². The van der Waals surface area contributed by atoms with Gasteiger partial charge >= 0.3 is 12.1 Å². The van der Waals surface area contributed by atoms with E-state index in [0.717, 1.165) is 25.7 Å². The molecule has 0 bridgehead atoms. The highest BCUT2D eigenvalue weighted by atomic mass is 35.5. The smallest absolute Gasteiger partial charge is 0.407 e. The Morgan fingerprint density at radius 3 is 2.33 bits per heavy atom. The van der Waals surface area contributed by atoms with E-state index >= 15 is 0 Å². The molecule has 1 heterocycles. The average molecular weight is 440 g/mol. The molecule has 1 aromatic carbocycles. The van der Waals surface area contributed by atoms with Crippen LogP contribution < -0.4 is 14.8 Å². The van der Waals surface area contributed by atoms with E-state index < -0.39 is 23.5 Å². The summed E-state index contributed by atoms with van der Waals surface area (Å²) in [4.78, 5) is 24.1. The second-order valence-electron chi connectivity index (χ2n) is 9.10. The Bertz CT molecular complexity index is 841. The highest BCUT2D eigenvalue weighted by Crippen LogP contribution is 2.51. The van der Waals surface area contributed by atoms with Crippen molar-refractivity contribution in [3.05, 3.63) is 22.2 Å². The molecule has 0 aromatic heterocycles. The predicted octanol–water partition coefficient (Wildman–Crippen LogP) is 5.01. The van der Waals surface area contributed by atoms with Crippen LogP contribution in [0.3, 0.4) is 0 Å². The first kappa shape index (κ1) is 22.5. The number of amides is 1. The maximum Gasteiger partial charge on any atom is 0.407 e. The Labute approximate surface area is 182 Å². The third-order valence-corrected chi connectivity index (χ3v) is 5.92. The van der Waals surface area contributed by atoms with Gasteiger partial charge in [0.1, 0.15) is 5.60 Å². The molecule has 1 N–H and O–H groups in total. The van der Waals surface area contributed by atoms with Crippen molar-refractivity contribution in [2.75, 3.05) is 7.11 Å². The van der Waals surface area contributed by atoms with Gasteiger partial charge in [-0.15, -0.1) is 0 Å². The van der Waals surface area contributed by atoms with Crippen molar-refractivity contribution in [2.24, 2.45) is 5.92 Å². The molecule has 0 unspecified atom stereocenters. The lowest BCUT2D eigenvalue weighted by Gasteiger charge is -2.37. The summed E-state index contributed by atoms with van der Waals surface area (Å²) in [6, 6.07) is 1.61. The highest BCUT2D eigenvalue weighted by Gasteiger charge is 2.47. The van der Waals surface area contributed by atoms with Crippen LogP contribution in [0.5, 0.6) is 11.5 Å². The van der Waals surface area contributed by atoms with Gasteiger partial charge in [-0.1, -0.05) is 11.6 Å². The number of fused-ring (bicyclic) bond motifs is 1. The molecule has 2 aliphatic rings. The van der Waals surface area contributed by atoms with Crippen LogP contribution in [0.1, 0.15) is 69.3 Å². The van der Waals surface area contributed by atoms with Crippen molar-refractivity contribution >= 4 is 23.7 Å². The van der Waals surface area contributed by atoms with E-state index in [-0.39, 0.29) is 12.0 Å². The topological polar surface area (TPSA) is 83.1 Å². The molecule has 1 saturated carbocycles. The van der Waals surface area contributed by atoms with E-state index in [1.54, 1.807) is 13.0 Å². The molecule has 1 fully saturated rings. The van der Waals surface area contributed by atoms with Gasteiger partial charge in [0.05, 0.1) is 17.7 Å². The lowest BCUT2D eigenvalue weighted by atomic mass is 9.81. The lowest BCUT2D eigenvalue weighted by Crippen LogP contribution is -2.48. The summed E-state index contributed by atoms with van der Waals surface area (Å²) in [5.74, 6) is -0.304. The number of hydrogen-bond donors (Lipinski definition) is 1. The maximum absolute atomic E-state index is 12.0. The fourth-order valence-electron chi connectivity index (χ4n) is 4.07. The van der Waals surface area contributed by atoms with Crippen LogP contribution in [0.15, 0.2) is 6.07 Å². The molecule has 1 atom stereocenters. The molecule has 1 aliphatic carbocycles. The molecule has 1 aromatic rings. The summed E-state index contributed by atoms with van der Waals surface area (Å²) in [6.45, 7) is 9.21. The summed E-state index contributed by atoms with van der Waals surface area (Å²) in [7, 11) is 1.33. The zero-order chi connectivity index (χ0) is 22.3. The number of rotatable bonds is 3. The minimum absolute atomic E-state index is 0.0553. The largest absolute Gasteiger partial charge is 0.465 e. The number of carbonyl (C=O) groups is 2. The molecule has 0 radical (unpaired) electrons. The number of hydrogen-bond acceptors (Lipinski definition) is 6. The van der Waals surface area contributed by atoms with Crippen LogP contribution in [0.4, 0.5) is 4.79 Å². The van der Waals surface area contributed by atoms with E-state index in [2.05, 4.69) is 5.32 Å². The van der Waals surface area contributed by atoms with E-state index in [4.69, 9.17) is 30.5 Å². The second kappa shape index (κ2) is 8.17. The van der Waals surface area contributed by atoms with Crippen molar-refractivity contribution in [2.45, 2.75) is 77.7 Å². The zero-order valence-corrected chi connectivity index (χ0v) is 19.1. The average Bonchev–Trinajstić information content (AvgIpc) is 3.03. The minimum atomic E-state index is -0.887. The Morgan fingerprint density at radius 2 is 1.77 bits per heavy atom. The Kier molecular flexibility index (Phi) is 6.14. The number of carbonyl (C=O) groups excluding carboxylic acids is 2. The monoisotopic (exact) mass is 439 g/mol. The summed E-state index contributed by atoms with van der Waals surface area (Å²) in [5, 5.41) is 3.26. The lowest BCUT2D eigenvalue weighted by molar-refractivity contribution is -0.121. The van der Waals surface area contributed by atoms with Crippen LogP contribution in [0.25, 0.3) is 0 Å². The number of halogens is 1. The quantitative estimate of drug-likeness (QED) is 0.667. The van der Waals surface area contributed by atoms with Gasteiger partial charge in [0.15, 0.2) is 11.5 Å². The minimum Gasteiger partial charge on any atom is -0.465 e. The molecular weight excluding hydrogens is 410 g/mol. The third kappa shape index (κ3) is 4.61. The normalized spacial score (nSPS) is 25.6. The number of ether oxygens (including phenoxy) is 4. The maximum atomic E-state index is 12.0. The first-order chi connectivity index (χ1) is 13.9. The van der Waals surface area contributed by atoms with Gasteiger partial charge in [-0.2, -0.15) is 0 Å². The summed E-state index contributed by atoms with van der Waals surface area (Å²) in [6.07, 6.45) is 2.82. The van der Waals surface area contributed by atoms with Crippen LogP contribution in [0.2, 0.25) is 5.02 Å². The van der Waals surface area contributed by atoms with Gasteiger partial charge in [-0.05, 0) is 59.4 Å². The number of nitrogens with one attached hydrogen (secondary N) is 1. The molecule has 1 aliphatic heterocycles. The summed E-state index contributed by atoms with van der Waals surface area (Å²) < 4.78 is 22.6. The van der Waals surface area contributed by atoms with Crippen LogP contribution >= 0.6 is 11.6 Å². The van der Waals surface area contributed by atoms with Crippen molar-refractivity contribution < 1.29 is 28.5 Å². The Morgan fingerprint density at radius 1 is 1.17 bits per heavy atom. The molecule has 30 heavy (non-hydrogen) atoms. The standard InChI is InChI=1S/C22H30ClNO6/c1-12-15(19(25)27-6)11-16(23)18-17(12)28-22(5,29-18)13-7-9-14(10-8-13)24-20(26)30-21(2,3)4/h11,13-14H,7-10H2,1-6H3,(H,24,26)/t13-,14-,22-/m1/s1. The second-order valence-corrected chi connectivity index (χ2v) is 9.50. The van der Waals surface area contributed by atoms with Gasteiger partial charge in [-0.3, -0.25) is 0 Å². The van der Waals surface area contributed by atoms with E-state index in [0.29, 0.717) is 27.6 Å². The van der Waals surface area contributed by atoms with Gasteiger partial charge in [0.25, 0.3) is 5.79 Å². The number of alkyl carbamates (subject to hydrolysis) is 1. The van der Waals surface area contributed by atoms with Crippen LogP contribution in [-0.4, -0.2) is 36.6 Å². The third-order valence-electron chi connectivity index (χ3n) is 5.64. The van der Waals surface area contributed by atoms with Gasteiger partial charge < -0.3 is 24.3 Å². The van der Waals surface area contributed by atoms with Crippen LogP contribution in [-0.2, 0) is 9.47 Å². The SMILES string of the molecule is COC(=O)c1cc(Cl)c2c(c1C)O[C@@](C)([C@H]1CC[C@H](NC(=O)OC(C)(C)C)CC1)O2. The van der Waals surface area contributed by atoms with E-state index in [1.807, 2.05) is 27.7 Å². The zero-order valence-electron chi connectivity index (χ0n) is 18.4. The fraction of sp³-hybridized carbons (Fsp3) is 0.636. The fourth-order valence-corrected chi connectivity index (χ4v) is 4.30. The Balaban J connectivity index is 1.67. The number of esters is 1. The number of methoxy groups -OCH3 is 1. The summed E-state index contributed by atoms with van der Waals surface area (Å²) >= 11 is 6.37. The van der Waals surface area contributed by atoms with Crippen molar-refractivity contribution in [1.29, 1.82) is 0 Å². The van der Waals surface area contributed by atoms with Gasteiger partial charge in [0, 0.05) is 24.4 Å². The van der Waals surface area contributed by atoms with Crippen molar-refractivity contribution in [3.63, 3.8) is 0 Å². The number of benzene rings is 1. The molecule has 1 amide bonds. The molecule has 7 nitrogen and oxygen atoms in total. The molecule has 166 valence electrons. The molecule has 3 rings (SSSR count).